The van der Waals surface area contributed by atoms with Crippen LogP contribution in [0.1, 0.15) is 17.5 Å². The van der Waals surface area contributed by atoms with Crippen molar-refractivity contribution < 1.29 is 4.74 Å². The van der Waals surface area contributed by atoms with Gasteiger partial charge in [-0.05, 0) is 61.1 Å². The highest BCUT2D eigenvalue weighted by molar-refractivity contribution is 6.30. The molecule has 0 heterocycles. The molecule has 0 amide bonds. The van der Waals surface area contributed by atoms with E-state index >= 15 is 0 Å². The van der Waals surface area contributed by atoms with E-state index in [0.717, 1.165) is 42.4 Å². The summed E-state index contributed by atoms with van der Waals surface area (Å²) in [7, 11) is 1.98. The largest absolute Gasteiger partial charge is 0.489 e. The lowest BCUT2D eigenvalue weighted by molar-refractivity contribution is 0.302. The zero-order chi connectivity index (χ0) is 18.2. The van der Waals surface area contributed by atoms with Crippen molar-refractivity contribution in [3.63, 3.8) is 0 Å². The summed E-state index contributed by atoms with van der Waals surface area (Å²) in [6, 6.07) is 20.4. The Kier molecular flexibility index (Phi) is 11.3. The number of hydrogen-bond acceptors (Lipinski definition) is 3. The van der Waals surface area contributed by atoms with Crippen LogP contribution in [-0.4, -0.2) is 20.1 Å². The van der Waals surface area contributed by atoms with Crippen molar-refractivity contribution in [3.8, 4) is 5.75 Å². The summed E-state index contributed by atoms with van der Waals surface area (Å²) in [6.07, 6.45) is 1.10. The summed E-state index contributed by atoms with van der Waals surface area (Å²) in [5, 5.41) is 9.93. The molecule has 28 heavy (non-hydrogen) atoms. The molecule has 0 aliphatic carbocycles. The van der Waals surface area contributed by atoms with Crippen LogP contribution in [0.4, 0.5) is 0 Å². The minimum absolute atomic E-state index is 0. The van der Waals surface area contributed by atoms with Crippen LogP contribution in [0.15, 0.2) is 60.7 Å². The van der Waals surface area contributed by atoms with Gasteiger partial charge in [-0.1, -0.05) is 54.1 Å². The number of ether oxygens (including phenoxy) is 1. The van der Waals surface area contributed by atoms with E-state index in [1.807, 2.05) is 31.3 Å². The molecule has 3 nitrogen and oxygen atoms in total. The van der Waals surface area contributed by atoms with Crippen molar-refractivity contribution in [1.29, 1.82) is 0 Å². The van der Waals surface area contributed by atoms with Gasteiger partial charge < -0.3 is 15.4 Å². The number of benzene rings is 3. The van der Waals surface area contributed by atoms with Gasteiger partial charge in [0.25, 0.3) is 0 Å². The van der Waals surface area contributed by atoms with Gasteiger partial charge in [0.05, 0.1) is 0 Å². The molecule has 3 rings (SSSR count). The number of hydrogen-bond donors (Lipinski definition) is 2. The standard InChI is InChI=1S/C22H25ClN2O.2ClH/c1-24-13-4-14-25-15-21-20-6-3-2-5-18(20)9-12-22(21)26-16-17-7-10-19(23)11-8-17;;/h2-3,5-12,24-25H,4,13-16H2,1H3;2*1H. The van der Waals surface area contributed by atoms with Crippen molar-refractivity contribution in [2.45, 2.75) is 19.6 Å². The van der Waals surface area contributed by atoms with Crippen LogP contribution in [0.5, 0.6) is 5.75 Å². The predicted molar refractivity (Wildman–Crippen MR) is 124 cm³/mol. The molecule has 2 N–H and O–H groups in total. The van der Waals surface area contributed by atoms with Crippen LogP contribution in [0.2, 0.25) is 5.02 Å². The second-order valence-corrected chi connectivity index (χ2v) is 6.75. The summed E-state index contributed by atoms with van der Waals surface area (Å²) >= 11 is 5.96. The minimum Gasteiger partial charge on any atom is -0.489 e. The topological polar surface area (TPSA) is 33.3 Å². The number of halogens is 3. The average Bonchev–Trinajstić information content (AvgIpc) is 2.68. The summed E-state index contributed by atoms with van der Waals surface area (Å²) in [5.41, 5.74) is 2.32. The fourth-order valence-corrected chi connectivity index (χ4v) is 3.10. The summed E-state index contributed by atoms with van der Waals surface area (Å²) in [5.74, 6) is 0.930. The number of nitrogens with one attached hydrogen (secondary N) is 2. The lowest BCUT2D eigenvalue weighted by atomic mass is 10.0. The van der Waals surface area contributed by atoms with Gasteiger partial charge in [-0.3, -0.25) is 0 Å². The smallest absolute Gasteiger partial charge is 0.124 e. The van der Waals surface area contributed by atoms with Gasteiger partial charge in [-0.15, -0.1) is 24.8 Å². The zero-order valence-electron chi connectivity index (χ0n) is 15.9. The van der Waals surface area contributed by atoms with E-state index in [1.54, 1.807) is 0 Å². The third-order valence-corrected chi connectivity index (χ3v) is 4.64. The second-order valence-electron chi connectivity index (χ2n) is 6.31. The Morgan fingerprint density at radius 3 is 2.39 bits per heavy atom. The molecule has 0 aliphatic heterocycles. The molecule has 0 fully saturated rings. The first-order valence-electron chi connectivity index (χ1n) is 9.01. The van der Waals surface area contributed by atoms with E-state index in [9.17, 15) is 0 Å². The molecule has 0 saturated heterocycles. The summed E-state index contributed by atoms with van der Waals surface area (Å²) in [4.78, 5) is 0. The Balaban J connectivity index is 0.00000196. The monoisotopic (exact) mass is 440 g/mol. The fraction of sp³-hybridized carbons (Fsp3) is 0.273. The van der Waals surface area contributed by atoms with Gasteiger partial charge in [-0.2, -0.15) is 0 Å². The third kappa shape index (κ3) is 6.84. The molecular formula is C22H27Cl3N2O. The van der Waals surface area contributed by atoms with Crippen LogP contribution in [-0.2, 0) is 13.2 Å². The summed E-state index contributed by atoms with van der Waals surface area (Å²) in [6.45, 7) is 3.31. The average molecular weight is 442 g/mol. The van der Waals surface area contributed by atoms with Crippen LogP contribution >= 0.6 is 36.4 Å². The Bertz CT molecular complexity index is 841. The predicted octanol–water partition coefficient (Wildman–Crippen LogP) is 5.61. The molecule has 3 aromatic rings. The lowest BCUT2D eigenvalue weighted by Gasteiger charge is -2.15. The van der Waals surface area contributed by atoms with Gasteiger partial charge in [0.1, 0.15) is 12.4 Å². The van der Waals surface area contributed by atoms with Crippen molar-refractivity contribution in [2.75, 3.05) is 20.1 Å². The molecule has 0 atom stereocenters. The molecule has 6 heteroatoms. The van der Waals surface area contributed by atoms with Crippen LogP contribution < -0.4 is 15.4 Å². The molecular weight excluding hydrogens is 415 g/mol. The van der Waals surface area contributed by atoms with Crippen LogP contribution in [0.25, 0.3) is 10.8 Å². The molecule has 0 radical (unpaired) electrons. The van der Waals surface area contributed by atoms with Crippen molar-refractivity contribution in [1.82, 2.24) is 10.6 Å². The first kappa shape index (κ1) is 24.5. The Morgan fingerprint density at radius 1 is 0.893 bits per heavy atom. The van der Waals surface area contributed by atoms with E-state index in [4.69, 9.17) is 16.3 Å². The fourth-order valence-electron chi connectivity index (χ4n) is 2.98. The highest BCUT2D eigenvalue weighted by atomic mass is 35.5. The first-order chi connectivity index (χ1) is 12.8. The van der Waals surface area contributed by atoms with E-state index in [0.29, 0.717) is 6.61 Å². The molecule has 0 bridgehead atoms. The zero-order valence-corrected chi connectivity index (χ0v) is 18.3. The van der Waals surface area contributed by atoms with Crippen molar-refractivity contribution in [3.05, 3.63) is 76.8 Å². The van der Waals surface area contributed by atoms with Gasteiger partial charge in [0.15, 0.2) is 0 Å². The number of fused-ring (bicyclic) bond motifs is 1. The van der Waals surface area contributed by atoms with Gasteiger partial charge in [-0.25, -0.2) is 0 Å². The van der Waals surface area contributed by atoms with Gasteiger partial charge in [0, 0.05) is 17.1 Å². The second kappa shape index (κ2) is 12.9. The summed E-state index contributed by atoms with van der Waals surface area (Å²) < 4.78 is 6.15. The maximum absolute atomic E-state index is 6.15. The van der Waals surface area contributed by atoms with E-state index in [2.05, 4.69) is 47.0 Å². The SMILES string of the molecule is CNCCCNCc1c(OCc2ccc(Cl)cc2)ccc2ccccc12.Cl.Cl. The quantitative estimate of drug-likeness (QED) is 0.423. The Hall–Kier alpha value is -1.49. The van der Waals surface area contributed by atoms with Crippen LogP contribution in [0, 0.1) is 0 Å². The molecule has 0 spiro atoms. The van der Waals surface area contributed by atoms with E-state index in [-0.39, 0.29) is 24.8 Å². The molecule has 0 unspecified atom stereocenters. The van der Waals surface area contributed by atoms with Gasteiger partial charge in [0.2, 0.25) is 0 Å². The lowest BCUT2D eigenvalue weighted by Crippen LogP contribution is -2.20. The molecule has 152 valence electrons. The molecule has 0 saturated carbocycles. The van der Waals surface area contributed by atoms with Crippen LogP contribution in [0.3, 0.4) is 0 Å². The Morgan fingerprint density at radius 2 is 1.64 bits per heavy atom. The molecule has 0 aromatic heterocycles. The maximum Gasteiger partial charge on any atom is 0.124 e. The maximum atomic E-state index is 6.15. The third-order valence-electron chi connectivity index (χ3n) is 4.39. The first-order valence-corrected chi connectivity index (χ1v) is 9.39. The molecule has 0 aliphatic rings. The number of rotatable bonds is 9. The van der Waals surface area contributed by atoms with Crippen molar-refractivity contribution >= 4 is 47.2 Å². The normalized spacial score (nSPS) is 10.2. The van der Waals surface area contributed by atoms with E-state index in [1.165, 1.54) is 16.3 Å². The highest BCUT2D eigenvalue weighted by Crippen LogP contribution is 2.29. The molecule has 3 aromatic carbocycles. The van der Waals surface area contributed by atoms with Gasteiger partial charge >= 0.3 is 0 Å². The highest BCUT2D eigenvalue weighted by Gasteiger charge is 2.09. The minimum atomic E-state index is 0. The van der Waals surface area contributed by atoms with E-state index < -0.39 is 0 Å². The Labute approximate surface area is 184 Å². The van der Waals surface area contributed by atoms with Crippen molar-refractivity contribution in [2.24, 2.45) is 0 Å².